The SMILES string of the molecule is N#Cc1ncn(CC(=O)Nc2ccc(Cl)cn2)c1C#N. The van der Waals surface area contributed by atoms with Crippen molar-refractivity contribution in [2.75, 3.05) is 5.32 Å². The smallest absolute Gasteiger partial charge is 0.245 e. The van der Waals surface area contributed by atoms with Gasteiger partial charge in [0.25, 0.3) is 0 Å². The van der Waals surface area contributed by atoms with Gasteiger partial charge >= 0.3 is 0 Å². The van der Waals surface area contributed by atoms with Gasteiger partial charge < -0.3 is 9.88 Å². The van der Waals surface area contributed by atoms with Crippen molar-refractivity contribution in [3.63, 3.8) is 0 Å². The fraction of sp³-hybridized carbons (Fsp3) is 0.0833. The van der Waals surface area contributed by atoms with Crippen LogP contribution in [0.1, 0.15) is 11.4 Å². The molecule has 1 amide bonds. The second-order valence-corrected chi connectivity index (χ2v) is 4.14. The molecule has 20 heavy (non-hydrogen) atoms. The number of hydrogen-bond acceptors (Lipinski definition) is 5. The summed E-state index contributed by atoms with van der Waals surface area (Å²) >= 11 is 5.68. The van der Waals surface area contributed by atoms with Gasteiger partial charge in [-0.25, -0.2) is 9.97 Å². The van der Waals surface area contributed by atoms with Crippen molar-refractivity contribution in [1.29, 1.82) is 10.5 Å². The number of aromatic nitrogens is 3. The van der Waals surface area contributed by atoms with Crippen molar-refractivity contribution in [3.05, 3.63) is 41.1 Å². The fourth-order valence-corrected chi connectivity index (χ4v) is 1.60. The number of imidazole rings is 1. The lowest BCUT2D eigenvalue weighted by atomic mass is 10.3. The zero-order valence-corrected chi connectivity index (χ0v) is 10.8. The van der Waals surface area contributed by atoms with Gasteiger partial charge in [0, 0.05) is 6.20 Å². The van der Waals surface area contributed by atoms with Crippen LogP contribution in [0.5, 0.6) is 0 Å². The van der Waals surface area contributed by atoms with E-state index in [4.69, 9.17) is 22.1 Å². The highest BCUT2D eigenvalue weighted by Gasteiger charge is 2.13. The van der Waals surface area contributed by atoms with Gasteiger partial charge in [-0.05, 0) is 12.1 Å². The molecule has 1 N–H and O–H groups in total. The number of halogens is 1. The van der Waals surface area contributed by atoms with E-state index in [0.717, 1.165) is 0 Å². The number of carbonyl (C=O) groups is 1. The molecule has 0 aliphatic carbocycles. The molecule has 0 saturated carbocycles. The maximum atomic E-state index is 11.8. The summed E-state index contributed by atoms with van der Waals surface area (Å²) in [5.41, 5.74) is 0.0385. The molecule has 0 radical (unpaired) electrons. The number of anilines is 1. The molecule has 2 heterocycles. The Morgan fingerprint density at radius 2 is 2.15 bits per heavy atom. The average Bonchev–Trinajstić information content (AvgIpc) is 2.83. The Balaban J connectivity index is 2.09. The molecule has 0 bridgehead atoms. The minimum atomic E-state index is -0.391. The summed E-state index contributed by atoms with van der Waals surface area (Å²) in [5.74, 6) is -0.0447. The van der Waals surface area contributed by atoms with E-state index >= 15 is 0 Å². The topological polar surface area (TPSA) is 107 Å². The van der Waals surface area contributed by atoms with E-state index < -0.39 is 5.91 Å². The standard InChI is InChI=1S/C12H7ClN6O/c13-8-1-2-11(16-5-8)18-12(20)6-19-7-17-9(3-14)10(19)4-15/h1-2,5,7H,6H2,(H,16,18,20). The van der Waals surface area contributed by atoms with E-state index in [1.54, 1.807) is 18.2 Å². The van der Waals surface area contributed by atoms with Crippen molar-refractivity contribution in [2.24, 2.45) is 0 Å². The highest BCUT2D eigenvalue weighted by molar-refractivity contribution is 6.30. The van der Waals surface area contributed by atoms with Gasteiger partial charge in [-0.15, -0.1) is 0 Å². The molecule has 2 aromatic rings. The maximum Gasteiger partial charge on any atom is 0.245 e. The Bertz CT molecular complexity index is 722. The molecule has 0 unspecified atom stereocenters. The molecule has 0 saturated heterocycles. The van der Waals surface area contributed by atoms with E-state index in [1.165, 1.54) is 17.1 Å². The van der Waals surface area contributed by atoms with Crippen LogP contribution in [0, 0.1) is 22.7 Å². The predicted octanol–water partition coefficient (Wildman–Crippen LogP) is 1.31. The summed E-state index contributed by atoms with van der Waals surface area (Å²) in [7, 11) is 0. The lowest BCUT2D eigenvalue weighted by Crippen LogP contribution is -2.19. The summed E-state index contributed by atoms with van der Waals surface area (Å²) in [4.78, 5) is 19.5. The molecule has 0 atom stereocenters. The zero-order valence-electron chi connectivity index (χ0n) is 10.0. The van der Waals surface area contributed by atoms with E-state index in [2.05, 4.69) is 15.3 Å². The van der Waals surface area contributed by atoms with Crippen molar-refractivity contribution in [2.45, 2.75) is 6.54 Å². The number of amides is 1. The Morgan fingerprint density at radius 3 is 2.75 bits per heavy atom. The van der Waals surface area contributed by atoms with Crippen molar-refractivity contribution in [3.8, 4) is 12.1 Å². The molecule has 98 valence electrons. The third-order valence-electron chi connectivity index (χ3n) is 2.36. The molecule has 0 aliphatic heterocycles. The molecule has 0 fully saturated rings. The van der Waals surface area contributed by atoms with Gasteiger partial charge in [-0.2, -0.15) is 10.5 Å². The van der Waals surface area contributed by atoms with Crippen LogP contribution < -0.4 is 5.32 Å². The van der Waals surface area contributed by atoms with Crippen LogP contribution in [0.25, 0.3) is 0 Å². The Kier molecular flexibility index (Phi) is 3.94. The monoisotopic (exact) mass is 286 g/mol. The zero-order chi connectivity index (χ0) is 14.5. The minimum Gasteiger partial charge on any atom is -0.312 e. The van der Waals surface area contributed by atoms with E-state index in [-0.39, 0.29) is 17.9 Å². The van der Waals surface area contributed by atoms with Crippen LogP contribution in [0.3, 0.4) is 0 Å². The fourth-order valence-electron chi connectivity index (χ4n) is 1.49. The van der Waals surface area contributed by atoms with Crippen molar-refractivity contribution >= 4 is 23.3 Å². The van der Waals surface area contributed by atoms with Crippen LogP contribution in [0.15, 0.2) is 24.7 Å². The minimum absolute atomic E-state index is 0.00934. The molecule has 2 rings (SSSR count). The van der Waals surface area contributed by atoms with Crippen LogP contribution in [0.2, 0.25) is 5.02 Å². The summed E-state index contributed by atoms with van der Waals surface area (Å²) in [6.07, 6.45) is 2.68. The van der Waals surface area contributed by atoms with Gasteiger partial charge in [-0.3, -0.25) is 4.79 Å². The van der Waals surface area contributed by atoms with E-state index in [0.29, 0.717) is 10.8 Å². The largest absolute Gasteiger partial charge is 0.312 e. The quantitative estimate of drug-likeness (QED) is 0.915. The first kappa shape index (κ1) is 13.5. The lowest BCUT2D eigenvalue weighted by Gasteiger charge is -2.05. The first-order valence-electron chi connectivity index (χ1n) is 5.40. The summed E-state index contributed by atoms with van der Waals surface area (Å²) < 4.78 is 1.30. The third kappa shape index (κ3) is 2.91. The Morgan fingerprint density at radius 1 is 1.35 bits per heavy atom. The van der Waals surface area contributed by atoms with Crippen molar-refractivity contribution < 1.29 is 4.79 Å². The number of nitrogens with zero attached hydrogens (tertiary/aromatic N) is 5. The van der Waals surface area contributed by atoms with Crippen molar-refractivity contribution in [1.82, 2.24) is 14.5 Å². The predicted molar refractivity (Wildman–Crippen MR) is 69.5 cm³/mol. The van der Waals surface area contributed by atoms with Crippen LogP contribution in [-0.2, 0) is 11.3 Å². The molecule has 0 aliphatic rings. The molecule has 7 nitrogen and oxygen atoms in total. The molecular weight excluding hydrogens is 280 g/mol. The van der Waals surface area contributed by atoms with Gasteiger partial charge in [0.2, 0.25) is 5.91 Å². The highest BCUT2D eigenvalue weighted by atomic mass is 35.5. The number of carbonyl (C=O) groups excluding carboxylic acids is 1. The summed E-state index contributed by atoms with van der Waals surface area (Å²) in [6, 6.07) is 6.77. The highest BCUT2D eigenvalue weighted by Crippen LogP contribution is 2.10. The third-order valence-corrected chi connectivity index (χ3v) is 2.58. The maximum absolute atomic E-state index is 11.8. The number of rotatable bonds is 3. The average molecular weight is 287 g/mol. The van der Waals surface area contributed by atoms with Gasteiger partial charge in [0.15, 0.2) is 11.4 Å². The first-order chi connectivity index (χ1) is 9.63. The van der Waals surface area contributed by atoms with E-state index in [1.807, 2.05) is 6.07 Å². The number of nitriles is 2. The first-order valence-corrected chi connectivity index (χ1v) is 5.78. The molecule has 0 aromatic carbocycles. The van der Waals surface area contributed by atoms with Gasteiger partial charge in [0.05, 0.1) is 11.3 Å². The Labute approximate surface area is 119 Å². The van der Waals surface area contributed by atoms with E-state index in [9.17, 15) is 4.79 Å². The molecule has 0 spiro atoms. The summed E-state index contributed by atoms with van der Waals surface area (Å²) in [5, 5.41) is 20.7. The second kappa shape index (κ2) is 5.83. The van der Waals surface area contributed by atoms with Crippen LogP contribution in [-0.4, -0.2) is 20.4 Å². The number of pyridine rings is 1. The molecule has 2 aromatic heterocycles. The van der Waals surface area contributed by atoms with Crippen LogP contribution >= 0.6 is 11.6 Å². The van der Waals surface area contributed by atoms with Gasteiger partial charge in [0.1, 0.15) is 24.5 Å². The second-order valence-electron chi connectivity index (χ2n) is 3.70. The molecule has 8 heteroatoms. The molecular formula is C12H7ClN6O. The lowest BCUT2D eigenvalue weighted by molar-refractivity contribution is -0.116. The number of hydrogen-bond donors (Lipinski definition) is 1. The Hall–Kier alpha value is -2.90. The van der Waals surface area contributed by atoms with Crippen LogP contribution in [0.4, 0.5) is 5.82 Å². The normalized spacial score (nSPS) is 9.55. The summed E-state index contributed by atoms with van der Waals surface area (Å²) in [6.45, 7) is -0.137. The van der Waals surface area contributed by atoms with Gasteiger partial charge in [-0.1, -0.05) is 11.6 Å². The number of nitrogens with one attached hydrogen (secondary N) is 1.